The Hall–Kier alpha value is -1.94. The zero-order chi connectivity index (χ0) is 17.9. The van der Waals surface area contributed by atoms with Crippen molar-refractivity contribution >= 4 is 17.2 Å². The number of nitrogens with zero attached hydrogens (tertiary/aromatic N) is 3. The zero-order valence-corrected chi connectivity index (χ0v) is 14.1. The minimum Gasteiger partial charge on any atom is -0.348 e. The van der Waals surface area contributed by atoms with Crippen molar-refractivity contribution in [1.82, 2.24) is 20.4 Å². The molecule has 0 radical (unpaired) electrons. The minimum atomic E-state index is -4.25. The number of thiophene rings is 1. The maximum Gasteiger partial charge on any atom is 0.401 e. The molecule has 2 aromatic heterocycles. The maximum absolute atomic E-state index is 12.5. The van der Waals surface area contributed by atoms with E-state index in [2.05, 4.69) is 15.5 Å². The molecule has 0 aliphatic carbocycles. The zero-order valence-electron chi connectivity index (χ0n) is 13.3. The molecule has 25 heavy (non-hydrogen) atoms. The number of aromatic nitrogens is 2. The van der Waals surface area contributed by atoms with Crippen LogP contribution in [-0.2, 0) is 11.3 Å². The first-order chi connectivity index (χ1) is 11.9. The number of carbonyl (C=O) groups excluding carboxylic acids is 1. The second-order valence-electron chi connectivity index (χ2n) is 5.90. The Bertz CT molecular complexity index is 702. The summed E-state index contributed by atoms with van der Waals surface area (Å²) < 4.78 is 42.6. The number of halogens is 3. The number of amides is 1. The van der Waals surface area contributed by atoms with Crippen molar-refractivity contribution in [1.29, 1.82) is 0 Å². The highest BCUT2D eigenvalue weighted by molar-refractivity contribution is 7.13. The van der Waals surface area contributed by atoms with E-state index in [-0.39, 0.29) is 19.0 Å². The van der Waals surface area contributed by atoms with Gasteiger partial charge in [0, 0.05) is 6.54 Å². The normalized spacial score (nSPS) is 19.1. The number of carbonyl (C=O) groups is 1. The quantitative estimate of drug-likeness (QED) is 0.871. The average molecular weight is 374 g/mol. The summed E-state index contributed by atoms with van der Waals surface area (Å²) in [5.74, 6) is -0.0258. The Morgan fingerprint density at radius 3 is 3.04 bits per heavy atom. The van der Waals surface area contributed by atoms with E-state index in [0.29, 0.717) is 31.1 Å². The van der Waals surface area contributed by atoms with Crippen LogP contribution >= 0.6 is 11.3 Å². The number of hydrogen-bond donors (Lipinski definition) is 1. The fraction of sp³-hybridized carbons (Fsp3) is 0.533. The lowest BCUT2D eigenvalue weighted by atomic mass is 9.97. The van der Waals surface area contributed by atoms with Crippen molar-refractivity contribution in [3.63, 3.8) is 0 Å². The van der Waals surface area contributed by atoms with Gasteiger partial charge in [-0.15, -0.1) is 11.3 Å². The molecule has 1 aliphatic heterocycles. The predicted octanol–water partition coefficient (Wildman–Crippen LogP) is 2.69. The SMILES string of the molecule is O=C(NCc1noc(-c2cccs2)n1)C1CCCN(CC(F)(F)F)C1. The van der Waals surface area contributed by atoms with Gasteiger partial charge >= 0.3 is 6.18 Å². The maximum atomic E-state index is 12.5. The predicted molar refractivity (Wildman–Crippen MR) is 84.7 cm³/mol. The van der Waals surface area contributed by atoms with E-state index in [0.717, 1.165) is 4.88 Å². The minimum absolute atomic E-state index is 0.0868. The molecule has 1 N–H and O–H groups in total. The Morgan fingerprint density at radius 2 is 2.32 bits per heavy atom. The molecule has 1 saturated heterocycles. The van der Waals surface area contributed by atoms with Gasteiger partial charge in [-0.05, 0) is 30.8 Å². The fourth-order valence-corrected chi connectivity index (χ4v) is 3.45. The molecule has 6 nitrogen and oxygen atoms in total. The molecule has 0 aromatic carbocycles. The summed E-state index contributed by atoms with van der Waals surface area (Å²) in [4.78, 5) is 18.5. The number of hydrogen-bond acceptors (Lipinski definition) is 6. The molecule has 1 amide bonds. The van der Waals surface area contributed by atoms with E-state index in [1.54, 1.807) is 0 Å². The largest absolute Gasteiger partial charge is 0.401 e. The molecular weight excluding hydrogens is 357 g/mol. The van der Waals surface area contributed by atoms with Crippen LogP contribution in [0.25, 0.3) is 10.8 Å². The lowest BCUT2D eigenvalue weighted by Crippen LogP contribution is -2.46. The van der Waals surface area contributed by atoms with Gasteiger partial charge in [-0.3, -0.25) is 9.69 Å². The van der Waals surface area contributed by atoms with Crippen LogP contribution in [0.2, 0.25) is 0 Å². The Morgan fingerprint density at radius 1 is 1.48 bits per heavy atom. The molecule has 2 aromatic rings. The van der Waals surface area contributed by atoms with Crippen LogP contribution in [0.3, 0.4) is 0 Å². The van der Waals surface area contributed by atoms with Gasteiger partial charge in [0.15, 0.2) is 5.82 Å². The van der Waals surface area contributed by atoms with Gasteiger partial charge in [-0.1, -0.05) is 11.2 Å². The summed E-state index contributed by atoms with van der Waals surface area (Å²) in [6.45, 7) is -0.425. The fourth-order valence-electron chi connectivity index (χ4n) is 2.80. The van der Waals surface area contributed by atoms with Crippen LogP contribution in [0.15, 0.2) is 22.0 Å². The number of piperidine rings is 1. The summed E-state index contributed by atoms with van der Waals surface area (Å²) >= 11 is 1.46. The van der Waals surface area contributed by atoms with Crippen molar-refractivity contribution in [2.24, 2.45) is 5.92 Å². The highest BCUT2D eigenvalue weighted by Crippen LogP contribution is 2.23. The van der Waals surface area contributed by atoms with Crippen molar-refractivity contribution in [2.45, 2.75) is 25.6 Å². The number of nitrogens with one attached hydrogen (secondary N) is 1. The molecule has 0 bridgehead atoms. The molecule has 1 atom stereocenters. The number of likely N-dealkylation sites (tertiary alicyclic amines) is 1. The number of alkyl halides is 3. The second kappa shape index (κ2) is 7.52. The second-order valence-corrected chi connectivity index (χ2v) is 6.85. The number of rotatable bonds is 5. The summed E-state index contributed by atoms with van der Waals surface area (Å²) in [6.07, 6.45) is -3.10. The van der Waals surface area contributed by atoms with Crippen molar-refractivity contribution in [2.75, 3.05) is 19.6 Å². The van der Waals surface area contributed by atoms with Crippen LogP contribution < -0.4 is 5.32 Å². The van der Waals surface area contributed by atoms with Gasteiger partial charge in [0.1, 0.15) is 0 Å². The highest BCUT2D eigenvalue weighted by atomic mass is 32.1. The monoisotopic (exact) mass is 374 g/mol. The standard InChI is InChI=1S/C15H17F3N4O2S/c16-15(17,18)9-22-5-1-3-10(8-22)13(23)19-7-12-20-14(24-21-12)11-4-2-6-25-11/h2,4,6,10H,1,3,5,7-9H2,(H,19,23). The van der Waals surface area contributed by atoms with E-state index in [1.807, 2.05) is 17.5 Å². The molecule has 3 heterocycles. The van der Waals surface area contributed by atoms with Crippen molar-refractivity contribution in [3.05, 3.63) is 23.3 Å². The van der Waals surface area contributed by atoms with E-state index in [1.165, 1.54) is 16.2 Å². The summed E-state index contributed by atoms with van der Waals surface area (Å²) in [7, 11) is 0. The highest BCUT2D eigenvalue weighted by Gasteiger charge is 2.34. The van der Waals surface area contributed by atoms with Crippen LogP contribution in [-0.4, -0.2) is 46.8 Å². The van der Waals surface area contributed by atoms with E-state index >= 15 is 0 Å². The van der Waals surface area contributed by atoms with Gasteiger partial charge in [0.05, 0.1) is 23.9 Å². The molecule has 10 heteroatoms. The summed E-state index contributed by atoms with van der Waals surface area (Å²) in [6, 6.07) is 3.71. The van der Waals surface area contributed by atoms with E-state index < -0.39 is 18.6 Å². The van der Waals surface area contributed by atoms with Crippen molar-refractivity contribution < 1.29 is 22.5 Å². The third-order valence-electron chi connectivity index (χ3n) is 3.90. The summed E-state index contributed by atoms with van der Waals surface area (Å²) in [5.41, 5.74) is 0. The molecule has 1 fully saturated rings. The molecule has 3 rings (SSSR count). The Kier molecular flexibility index (Phi) is 5.38. The van der Waals surface area contributed by atoms with Crippen LogP contribution in [0.1, 0.15) is 18.7 Å². The Balaban J connectivity index is 1.50. The molecular formula is C15H17F3N4O2S. The molecule has 136 valence electrons. The summed E-state index contributed by atoms with van der Waals surface area (Å²) in [5, 5.41) is 8.37. The van der Waals surface area contributed by atoms with Gasteiger partial charge in [-0.2, -0.15) is 18.2 Å². The Labute approximate surface area is 146 Å². The van der Waals surface area contributed by atoms with Gasteiger partial charge in [0.2, 0.25) is 5.91 Å². The first-order valence-corrected chi connectivity index (χ1v) is 8.72. The van der Waals surface area contributed by atoms with Crippen LogP contribution in [0.4, 0.5) is 13.2 Å². The average Bonchev–Trinajstić information content (AvgIpc) is 3.22. The molecule has 1 unspecified atom stereocenters. The van der Waals surface area contributed by atoms with Gasteiger partial charge < -0.3 is 9.84 Å². The van der Waals surface area contributed by atoms with Crippen LogP contribution in [0.5, 0.6) is 0 Å². The lowest BCUT2D eigenvalue weighted by molar-refractivity contribution is -0.152. The first-order valence-electron chi connectivity index (χ1n) is 7.84. The van der Waals surface area contributed by atoms with E-state index in [4.69, 9.17) is 4.52 Å². The topological polar surface area (TPSA) is 71.3 Å². The van der Waals surface area contributed by atoms with Crippen molar-refractivity contribution in [3.8, 4) is 10.8 Å². The van der Waals surface area contributed by atoms with Gasteiger partial charge in [0.25, 0.3) is 5.89 Å². The molecule has 0 saturated carbocycles. The first kappa shape index (κ1) is 17.9. The molecule has 0 spiro atoms. The lowest BCUT2D eigenvalue weighted by Gasteiger charge is -2.32. The van der Waals surface area contributed by atoms with Gasteiger partial charge in [-0.25, -0.2) is 0 Å². The van der Waals surface area contributed by atoms with E-state index in [9.17, 15) is 18.0 Å². The smallest absolute Gasteiger partial charge is 0.348 e. The molecule has 1 aliphatic rings. The van der Waals surface area contributed by atoms with Crippen LogP contribution in [0, 0.1) is 5.92 Å². The third kappa shape index (κ3) is 5.02. The third-order valence-corrected chi connectivity index (χ3v) is 4.76.